The minimum atomic E-state index is -0.0972. The van der Waals surface area contributed by atoms with E-state index >= 15 is 0 Å². The Morgan fingerprint density at radius 3 is 2.43 bits per heavy atom. The first-order valence-corrected chi connectivity index (χ1v) is 2.69. The molecule has 1 aliphatic rings. The largest absolute Gasteiger partial charge is 0.391 e. The van der Waals surface area contributed by atoms with Gasteiger partial charge in [0.05, 0.1) is 6.10 Å². The maximum atomic E-state index is 8.94. The summed E-state index contributed by atoms with van der Waals surface area (Å²) in [5.74, 6) is 0.458. The highest BCUT2D eigenvalue weighted by Gasteiger charge is 2.18. The van der Waals surface area contributed by atoms with E-state index in [9.17, 15) is 0 Å². The molecule has 1 aliphatic heterocycles. The second-order valence-electron chi connectivity index (χ2n) is 2.20. The summed E-state index contributed by atoms with van der Waals surface area (Å²) in [6, 6.07) is 0. The second-order valence-corrected chi connectivity index (χ2v) is 2.20. The van der Waals surface area contributed by atoms with Crippen LogP contribution < -0.4 is 5.32 Å². The van der Waals surface area contributed by atoms with Gasteiger partial charge in [-0.2, -0.15) is 0 Å². The average Bonchev–Trinajstić information content (AvgIpc) is 1.91. The molecule has 42 valence electrons. The Labute approximate surface area is 43.5 Å². The second kappa shape index (κ2) is 1.80. The van der Waals surface area contributed by atoms with Gasteiger partial charge in [0.25, 0.3) is 0 Å². The van der Waals surface area contributed by atoms with Gasteiger partial charge in [-0.3, -0.25) is 0 Å². The van der Waals surface area contributed by atoms with Gasteiger partial charge in [0.15, 0.2) is 0 Å². The van der Waals surface area contributed by atoms with Crippen LogP contribution >= 0.6 is 0 Å². The predicted octanol–water partition coefficient (Wildman–Crippen LogP) is -0.413. The number of nitrogens with one attached hydrogen (secondary N) is 1. The van der Waals surface area contributed by atoms with Gasteiger partial charge in [-0.25, -0.2) is 0 Å². The molecule has 2 heteroatoms. The summed E-state index contributed by atoms with van der Waals surface area (Å²) >= 11 is 0. The smallest absolute Gasteiger partial charge is 0.0702 e. The first kappa shape index (κ1) is 5.06. The van der Waals surface area contributed by atoms with E-state index in [4.69, 9.17) is 5.11 Å². The van der Waals surface area contributed by atoms with Crippen LogP contribution in [0.1, 0.15) is 6.92 Å². The summed E-state index contributed by atoms with van der Waals surface area (Å²) in [6.07, 6.45) is -0.0972. The molecule has 0 aromatic rings. The molecule has 0 aromatic carbocycles. The van der Waals surface area contributed by atoms with Crippen LogP contribution in [0.3, 0.4) is 0 Å². The monoisotopic (exact) mass is 101 g/mol. The van der Waals surface area contributed by atoms with Crippen molar-refractivity contribution in [2.24, 2.45) is 5.92 Å². The molecule has 7 heavy (non-hydrogen) atoms. The van der Waals surface area contributed by atoms with Crippen LogP contribution in [0, 0.1) is 5.92 Å². The molecule has 1 rings (SSSR count). The third-order valence-corrected chi connectivity index (χ3v) is 1.48. The van der Waals surface area contributed by atoms with E-state index in [-0.39, 0.29) is 6.10 Å². The molecule has 0 saturated carbocycles. The average molecular weight is 101 g/mol. The lowest BCUT2D eigenvalue weighted by Gasteiger charge is -2.02. The third kappa shape index (κ3) is 0.924. The number of hydrogen-bond donors (Lipinski definition) is 2. The fraction of sp³-hybridized carbons (Fsp3) is 1.00. The zero-order valence-electron chi connectivity index (χ0n) is 4.52. The van der Waals surface area contributed by atoms with Gasteiger partial charge < -0.3 is 10.4 Å². The van der Waals surface area contributed by atoms with Gasteiger partial charge in [-0.1, -0.05) is 6.92 Å². The van der Waals surface area contributed by atoms with Crippen molar-refractivity contribution in [3.05, 3.63) is 0 Å². The van der Waals surface area contributed by atoms with Gasteiger partial charge in [-0.05, 0) is 5.92 Å². The van der Waals surface area contributed by atoms with E-state index in [2.05, 4.69) is 5.32 Å². The topological polar surface area (TPSA) is 32.3 Å². The number of hydrogen-bond acceptors (Lipinski definition) is 2. The van der Waals surface area contributed by atoms with Crippen molar-refractivity contribution < 1.29 is 5.11 Å². The van der Waals surface area contributed by atoms with Crippen molar-refractivity contribution in [3.8, 4) is 0 Å². The summed E-state index contributed by atoms with van der Waals surface area (Å²) in [6.45, 7) is 3.80. The maximum Gasteiger partial charge on any atom is 0.0702 e. The van der Waals surface area contributed by atoms with Gasteiger partial charge in [0.1, 0.15) is 0 Å². The zero-order valence-corrected chi connectivity index (χ0v) is 4.52. The first-order chi connectivity index (χ1) is 3.30. The van der Waals surface area contributed by atoms with Crippen molar-refractivity contribution in [3.63, 3.8) is 0 Å². The fourth-order valence-corrected chi connectivity index (χ4v) is 0.796. The molecular weight excluding hydrogens is 90.1 g/mol. The van der Waals surface area contributed by atoms with Crippen LogP contribution in [0.4, 0.5) is 0 Å². The van der Waals surface area contributed by atoms with Crippen molar-refractivity contribution in [1.29, 1.82) is 0 Å². The number of β-amino-alcohol motifs (C(OH)–C–C–N with tert-alkyl or cyclic N) is 1. The van der Waals surface area contributed by atoms with Crippen molar-refractivity contribution in [1.82, 2.24) is 5.32 Å². The molecule has 2 atom stereocenters. The van der Waals surface area contributed by atoms with Gasteiger partial charge in [0.2, 0.25) is 0 Å². The van der Waals surface area contributed by atoms with E-state index in [0.29, 0.717) is 5.92 Å². The highest BCUT2D eigenvalue weighted by Crippen LogP contribution is 2.05. The standard InChI is InChI=1S/C5H11NO/c1-4-2-6-3-5(4)7/h4-7H,2-3H2,1H3/t4-,5-/m0/s1. The van der Waals surface area contributed by atoms with Crippen LogP contribution in [0.15, 0.2) is 0 Å². The Morgan fingerprint density at radius 1 is 1.57 bits per heavy atom. The molecule has 1 fully saturated rings. The van der Waals surface area contributed by atoms with Crippen LogP contribution in [0.25, 0.3) is 0 Å². The van der Waals surface area contributed by atoms with Gasteiger partial charge >= 0.3 is 0 Å². The zero-order chi connectivity index (χ0) is 5.28. The number of aliphatic hydroxyl groups is 1. The molecule has 0 spiro atoms. The highest BCUT2D eigenvalue weighted by molar-refractivity contribution is 4.75. The van der Waals surface area contributed by atoms with Crippen LogP contribution in [0.2, 0.25) is 0 Å². The van der Waals surface area contributed by atoms with Gasteiger partial charge in [0, 0.05) is 13.1 Å². The van der Waals surface area contributed by atoms with Crippen LogP contribution in [0.5, 0.6) is 0 Å². The van der Waals surface area contributed by atoms with E-state index in [1.165, 1.54) is 0 Å². The van der Waals surface area contributed by atoms with E-state index in [1.807, 2.05) is 6.92 Å². The number of rotatable bonds is 0. The summed E-state index contributed by atoms with van der Waals surface area (Å²) < 4.78 is 0. The van der Waals surface area contributed by atoms with Crippen molar-refractivity contribution in [2.45, 2.75) is 13.0 Å². The fourth-order valence-electron chi connectivity index (χ4n) is 0.796. The van der Waals surface area contributed by atoms with E-state index < -0.39 is 0 Å². The Hall–Kier alpha value is -0.0800. The normalized spacial score (nSPS) is 42.0. The van der Waals surface area contributed by atoms with E-state index in [0.717, 1.165) is 13.1 Å². The van der Waals surface area contributed by atoms with Crippen molar-refractivity contribution >= 4 is 0 Å². The predicted molar refractivity (Wildman–Crippen MR) is 28.0 cm³/mol. The summed E-state index contributed by atoms with van der Waals surface area (Å²) in [5.41, 5.74) is 0. The maximum absolute atomic E-state index is 8.94. The Balaban J connectivity index is 2.33. The molecular formula is C5H11NO. The van der Waals surface area contributed by atoms with E-state index in [1.54, 1.807) is 0 Å². The molecule has 0 radical (unpaired) electrons. The quantitative estimate of drug-likeness (QED) is 0.434. The third-order valence-electron chi connectivity index (χ3n) is 1.48. The number of aliphatic hydroxyl groups excluding tert-OH is 1. The lowest BCUT2D eigenvalue weighted by molar-refractivity contribution is 0.156. The Kier molecular flexibility index (Phi) is 1.30. The van der Waals surface area contributed by atoms with Crippen molar-refractivity contribution in [2.75, 3.05) is 13.1 Å². The first-order valence-electron chi connectivity index (χ1n) is 2.69. The minimum Gasteiger partial charge on any atom is -0.391 e. The van der Waals surface area contributed by atoms with Crippen LogP contribution in [-0.2, 0) is 0 Å². The molecule has 0 amide bonds. The van der Waals surface area contributed by atoms with Gasteiger partial charge in [-0.15, -0.1) is 0 Å². The molecule has 0 aromatic heterocycles. The summed E-state index contributed by atoms with van der Waals surface area (Å²) in [7, 11) is 0. The Bertz CT molecular complexity index is 57.1. The molecule has 0 aliphatic carbocycles. The SMILES string of the molecule is C[C@H]1CNC[C@@H]1O. The summed E-state index contributed by atoms with van der Waals surface area (Å²) in [4.78, 5) is 0. The minimum absolute atomic E-state index is 0.0972. The molecule has 1 saturated heterocycles. The molecule has 0 unspecified atom stereocenters. The lowest BCUT2D eigenvalue weighted by atomic mass is 10.1. The Morgan fingerprint density at radius 2 is 2.29 bits per heavy atom. The molecule has 1 heterocycles. The molecule has 2 N–H and O–H groups in total. The van der Waals surface area contributed by atoms with Crippen LogP contribution in [-0.4, -0.2) is 24.3 Å². The lowest BCUT2D eigenvalue weighted by Crippen LogP contribution is -2.14. The molecule has 2 nitrogen and oxygen atoms in total. The highest BCUT2D eigenvalue weighted by atomic mass is 16.3. The molecule has 0 bridgehead atoms. The summed E-state index contributed by atoms with van der Waals surface area (Å²) in [5, 5.41) is 12.0.